The summed E-state index contributed by atoms with van der Waals surface area (Å²) in [6.07, 6.45) is 7.24. The smallest absolute Gasteiger partial charge is 0.153 e. The normalized spacial score (nSPS) is 10.8. The van der Waals surface area contributed by atoms with E-state index in [1.807, 2.05) is 43.5 Å². The summed E-state index contributed by atoms with van der Waals surface area (Å²) in [6, 6.07) is 14.2. The third-order valence-corrected chi connectivity index (χ3v) is 3.91. The molecule has 1 aromatic carbocycles. The number of hydrogen-bond donors (Lipinski definition) is 0. The monoisotopic (exact) mass is 330 g/mol. The molecule has 4 rings (SSSR count). The van der Waals surface area contributed by atoms with E-state index in [-0.39, 0.29) is 5.82 Å². The molecule has 5 heteroatoms. The minimum Gasteiger partial charge on any atom is -0.256 e. The molecule has 4 aromatic rings. The Hall–Kier alpha value is -3.34. The highest BCUT2D eigenvalue weighted by molar-refractivity contribution is 5.66. The highest BCUT2D eigenvalue weighted by Crippen LogP contribution is 2.23. The van der Waals surface area contributed by atoms with Crippen molar-refractivity contribution in [3.63, 3.8) is 0 Å². The fourth-order valence-corrected chi connectivity index (χ4v) is 2.61. The van der Waals surface area contributed by atoms with Crippen LogP contribution in [0.15, 0.2) is 73.3 Å². The first kappa shape index (κ1) is 15.2. The van der Waals surface area contributed by atoms with Crippen LogP contribution in [0.2, 0.25) is 0 Å². The van der Waals surface area contributed by atoms with Crippen LogP contribution in [0.3, 0.4) is 0 Å². The maximum atomic E-state index is 13.3. The van der Waals surface area contributed by atoms with Gasteiger partial charge in [0.05, 0.1) is 11.9 Å². The molecule has 0 radical (unpaired) electrons. The summed E-state index contributed by atoms with van der Waals surface area (Å²) in [4.78, 5) is 8.92. The first-order valence-corrected chi connectivity index (χ1v) is 7.89. The average molecular weight is 330 g/mol. The van der Waals surface area contributed by atoms with Crippen LogP contribution in [-0.2, 0) is 0 Å². The number of nitrogens with zero attached hydrogens (tertiary/aromatic N) is 4. The Kier molecular flexibility index (Phi) is 3.82. The van der Waals surface area contributed by atoms with Crippen molar-refractivity contribution in [2.24, 2.45) is 0 Å². The molecule has 0 saturated carbocycles. The van der Waals surface area contributed by atoms with Gasteiger partial charge in [0, 0.05) is 29.7 Å². The van der Waals surface area contributed by atoms with E-state index in [4.69, 9.17) is 0 Å². The van der Waals surface area contributed by atoms with Crippen LogP contribution < -0.4 is 0 Å². The van der Waals surface area contributed by atoms with Crippen LogP contribution in [0.25, 0.3) is 28.2 Å². The molecule has 3 heterocycles. The Balaban J connectivity index is 1.60. The second-order valence-electron chi connectivity index (χ2n) is 5.81. The zero-order chi connectivity index (χ0) is 17.2. The highest BCUT2D eigenvalue weighted by atomic mass is 19.1. The summed E-state index contributed by atoms with van der Waals surface area (Å²) in [5, 5.41) is 4.25. The molecule has 0 saturated heterocycles. The first-order valence-electron chi connectivity index (χ1n) is 7.89. The number of pyridine rings is 2. The summed E-state index contributed by atoms with van der Waals surface area (Å²) in [6.45, 7) is 1.99. The summed E-state index contributed by atoms with van der Waals surface area (Å²) < 4.78 is 15.1. The van der Waals surface area contributed by atoms with Gasteiger partial charge in [0.25, 0.3) is 0 Å². The predicted octanol–water partition coefficient (Wildman–Crippen LogP) is 4.44. The van der Waals surface area contributed by atoms with Crippen LogP contribution >= 0.6 is 0 Å². The molecule has 0 spiro atoms. The molecule has 25 heavy (non-hydrogen) atoms. The number of hydrogen-bond acceptors (Lipinski definition) is 3. The standard InChI is InChI=1S/C20H15FN4/c1-14-10-24-25(13-14)20-8-6-17(12-23-20)19-7-5-16(11-22-19)15-3-2-4-18(21)9-15/h2-13H,1H3. The molecule has 0 bridgehead atoms. The van der Waals surface area contributed by atoms with Crippen molar-refractivity contribution in [3.05, 3.63) is 84.7 Å². The summed E-state index contributed by atoms with van der Waals surface area (Å²) in [5.74, 6) is 0.503. The van der Waals surface area contributed by atoms with Gasteiger partial charge in [0.15, 0.2) is 5.82 Å². The molecule has 122 valence electrons. The van der Waals surface area contributed by atoms with E-state index in [9.17, 15) is 4.39 Å². The Bertz CT molecular complexity index is 1000. The average Bonchev–Trinajstić information content (AvgIpc) is 3.08. The molecule has 0 aliphatic carbocycles. The summed E-state index contributed by atoms with van der Waals surface area (Å²) in [5.41, 5.74) is 4.50. The van der Waals surface area contributed by atoms with Gasteiger partial charge in [-0.05, 0) is 48.4 Å². The predicted molar refractivity (Wildman–Crippen MR) is 94.7 cm³/mol. The van der Waals surface area contributed by atoms with Crippen molar-refractivity contribution >= 4 is 0 Å². The number of aromatic nitrogens is 4. The van der Waals surface area contributed by atoms with E-state index < -0.39 is 0 Å². The Morgan fingerprint density at radius 1 is 0.840 bits per heavy atom. The van der Waals surface area contributed by atoms with Gasteiger partial charge in [-0.25, -0.2) is 14.1 Å². The molecule has 0 N–H and O–H groups in total. The van der Waals surface area contributed by atoms with Gasteiger partial charge in [-0.15, -0.1) is 0 Å². The molecule has 0 aliphatic rings. The molecule has 0 atom stereocenters. The minimum atomic E-state index is -0.254. The largest absolute Gasteiger partial charge is 0.256 e. The zero-order valence-electron chi connectivity index (χ0n) is 13.6. The third-order valence-electron chi connectivity index (χ3n) is 3.91. The topological polar surface area (TPSA) is 43.6 Å². The van der Waals surface area contributed by atoms with Crippen LogP contribution in [0.4, 0.5) is 4.39 Å². The van der Waals surface area contributed by atoms with Crippen LogP contribution in [0, 0.1) is 12.7 Å². The minimum absolute atomic E-state index is 0.254. The van der Waals surface area contributed by atoms with Crippen molar-refractivity contribution in [2.45, 2.75) is 6.92 Å². The maximum Gasteiger partial charge on any atom is 0.153 e. The lowest BCUT2D eigenvalue weighted by molar-refractivity contribution is 0.628. The van der Waals surface area contributed by atoms with Crippen LogP contribution in [0.1, 0.15) is 5.56 Å². The molecule has 4 nitrogen and oxygen atoms in total. The van der Waals surface area contributed by atoms with Gasteiger partial charge in [0.2, 0.25) is 0 Å². The fourth-order valence-electron chi connectivity index (χ4n) is 2.61. The molecule has 0 unspecified atom stereocenters. The highest BCUT2D eigenvalue weighted by Gasteiger charge is 2.05. The Labute approximate surface area is 144 Å². The Morgan fingerprint density at radius 2 is 1.68 bits per heavy atom. The third kappa shape index (κ3) is 3.17. The number of aryl methyl sites for hydroxylation is 1. The van der Waals surface area contributed by atoms with Crippen molar-refractivity contribution < 1.29 is 4.39 Å². The molecule has 0 fully saturated rings. The lowest BCUT2D eigenvalue weighted by Gasteiger charge is -2.05. The van der Waals surface area contributed by atoms with Gasteiger partial charge < -0.3 is 0 Å². The van der Waals surface area contributed by atoms with E-state index >= 15 is 0 Å². The SMILES string of the molecule is Cc1cnn(-c2ccc(-c3ccc(-c4cccc(F)c4)cn3)cn2)c1. The van der Waals surface area contributed by atoms with E-state index in [0.717, 1.165) is 33.8 Å². The van der Waals surface area contributed by atoms with Gasteiger partial charge >= 0.3 is 0 Å². The molecule has 0 aliphatic heterocycles. The second-order valence-corrected chi connectivity index (χ2v) is 5.81. The Morgan fingerprint density at radius 3 is 2.32 bits per heavy atom. The van der Waals surface area contributed by atoms with Gasteiger partial charge in [-0.1, -0.05) is 18.2 Å². The molecular formula is C20H15FN4. The first-order chi connectivity index (χ1) is 12.2. The maximum absolute atomic E-state index is 13.3. The second kappa shape index (κ2) is 6.28. The zero-order valence-corrected chi connectivity index (χ0v) is 13.6. The van der Waals surface area contributed by atoms with Crippen molar-refractivity contribution in [2.75, 3.05) is 0 Å². The van der Waals surface area contributed by atoms with Crippen molar-refractivity contribution in [3.8, 4) is 28.2 Å². The number of rotatable bonds is 3. The lowest BCUT2D eigenvalue weighted by Crippen LogP contribution is -1.97. The molecule has 3 aromatic heterocycles. The van der Waals surface area contributed by atoms with Crippen LogP contribution in [0.5, 0.6) is 0 Å². The van der Waals surface area contributed by atoms with Gasteiger partial charge in [-0.3, -0.25) is 4.98 Å². The van der Waals surface area contributed by atoms with Crippen molar-refractivity contribution in [1.82, 2.24) is 19.7 Å². The van der Waals surface area contributed by atoms with Crippen LogP contribution in [-0.4, -0.2) is 19.7 Å². The van der Waals surface area contributed by atoms with Crippen molar-refractivity contribution in [1.29, 1.82) is 0 Å². The van der Waals surface area contributed by atoms with E-state index in [1.54, 1.807) is 29.3 Å². The van der Waals surface area contributed by atoms with E-state index in [1.165, 1.54) is 12.1 Å². The van der Waals surface area contributed by atoms with Gasteiger partial charge in [-0.2, -0.15) is 5.10 Å². The quantitative estimate of drug-likeness (QED) is 0.557. The summed E-state index contributed by atoms with van der Waals surface area (Å²) >= 11 is 0. The number of halogens is 1. The number of benzene rings is 1. The summed E-state index contributed by atoms with van der Waals surface area (Å²) in [7, 11) is 0. The fraction of sp³-hybridized carbons (Fsp3) is 0.0500. The van der Waals surface area contributed by atoms with E-state index in [0.29, 0.717) is 0 Å². The molecule has 0 amide bonds. The lowest BCUT2D eigenvalue weighted by atomic mass is 10.1. The van der Waals surface area contributed by atoms with Gasteiger partial charge in [0.1, 0.15) is 5.82 Å². The van der Waals surface area contributed by atoms with E-state index in [2.05, 4.69) is 15.1 Å². The molecular weight excluding hydrogens is 315 g/mol.